The average molecular weight is 346 g/mol. The molecule has 1 aromatic heterocycles. The van der Waals surface area contributed by atoms with Gasteiger partial charge in [-0.3, -0.25) is 0 Å². The van der Waals surface area contributed by atoms with Gasteiger partial charge in [0.2, 0.25) is 6.79 Å². The molecule has 25 heavy (non-hydrogen) atoms. The van der Waals surface area contributed by atoms with Crippen LogP contribution in [0.5, 0.6) is 11.5 Å². The number of alkyl halides is 3. The summed E-state index contributed by atoms with van der Waals surface area (Å²) in [5, 5.41) is 3.65. The molecule has 0 saturated heterocycles. The first-order valence-electron chi connectivity index (χ1n) is 7.60. The van der Waals surface area contributed by atoms with Gasteiger partial charge >= 0.3 is 6.18 Å². The Labute approximate surface area is 141 Å². The predicted molar refractivity (Wildman–Crippen MR) is 86.6 cm³/mol. The van der Waals surface area contributed by atoms with Crippen molar-refractivity contribution in [2.45, 2.75) is 12.7 Å². The molecule has 1 N–H and O–H groups in total. The molecular weight excluding hydrogens is 333 g/mol. The highest BCUT2D eigenvalue weighted by Gasteiger charge is 2.32. The molecule has 2 aromatic carbocycles. The van der Waals surface area contributed by atoms with Crippen molar-refractivity contribution in [3.05, 3.63) is 59.8 Å². The molecule has 1 aliphatic heterocycles. The van der Waals surface area contributed by atoms with E-state index in [1.807, 2.05) is 12.1 Å². The van der Waals surface area contributed by atoms with E-state index in [1.165, 1.54) is 18.3 Å². The van der Waals surface area contributed by atoms with Gasteiger partial charge in [0.05, 0.1) is 5.56 Å². The number of ether oxygens (including phenoxy) is 2. The second-order valence-electron chi connectivity index (χ2n) is 5.60. The average Bonchev–Trinajstić information content (AvgIpc) is 3.06. The first-order chi connectivity index (χ1) is 12.0. The number of aromatic nitrogens is 1. The largest absolute Gasteiger partial charge is 0.454 e. The number of anilines is 1. The van der Waals surface area contributed by atoms with Crippen LogP contribution in [0.4, 0.5) is 19.0 Å². The highest BCUT2D eigenvalue weighted by atomic mass is 19.4. The molecule has 1 aliphatic rings. The van der Waals surface area contributed by atoms with Gasteiger partial charge in [-0.15, -0.1) is 0 Å². The van der Waals surface area contributed by atoms with Crippen molar-refractivity contribution < 1.29 is 22.6 Å². The molecule has 0 radical (unpaired) electrons. The fraction of sp³-hybridized carbons (Fsp3) is 0.167. The van der Waals surface area contributed by atoms with Gasteiger partial charge < -0.3 is 14.8 Å². The molecule has 4 nitrogen and oxygen atoms in total. The number of benzene rings is 2. The van der Waals surface area contributed by atoms with Crippen molar-refractivity contribution in [2.24, 2.45) is 0 Å². The molecule has 0 spiro atoms. The molecule has 0 bridgehead atoms. The monoisotopic (exact) mass is 346 g/mol. The van der Waals surface area contributed by atoms with Crippen molar-refractivity contribution >= 4 is 16.6 Å². The summed E-state index contributed by atoms with van der Waals surface area (Å²) in [5.41, 5.74) is 0.244. The van der Waals surface area contributed by atoms with Crippen molar-refractivity contribution in [2.75, 3.05) is 12.1 Å². The van der Waals surface area contributed by atoms with Crippen LogP contribution >= 0.6 is 0 Å². The zero-order chi connectivity index (χ0) is 17.4. The van der Waals surface area contributed by atoms with Gasteiger partial charge in [0.1, 0.15) is 5.82 Å². The Morgan fingerprint density at radius 2 is 1.84 bits per heavy atom. The molecule has 4 rings (SSSR count). The summed E-state index contributed by atoms with van der Waals surface area (Å²) in [6.45, 7) is 0.594. The quantitative estimate of drug-likeness (QED) is 0.753. The maximum Gasteiger partial charge on any atom is 0.417 e. The lowest BCUT2D eigenvalue weighted by atomic mass is 10.1. The lowest BCUT2D eigenvalue weighted by Gasteiger charge is -2.13. The zero-order valence-electron chi connectivity index (χ0n) is 12.9. The van der Waals surface area contributed by atoms with Gasteiger partial charge in [-0.2, -0.15) is 13.2 Å². The van der Waals surface area contributed by atoms with E-state index in [9.17, 15) is 13.2 Å². The van der Waals surface area contributed by atoms with Crippen molar-refractivity contribution in [3.8, 4) is 11.5 Å². The van der Waals surface area contributed by atoms with E-state index in [-0.39, 0.29) is 12.2 Å². The number of nitrogens with one attached hydrogen (secondary N) is 1. The fourth-order valence-corrected chi connectivity index (χ4v) is 2.83. The predicted octanol–water partition coefficient (Wildman–Crippen LogP) is 4.59. The lowest BCUT2D eigenvalue weighted by molar-refractivity contribution is -0.136. The maximum absolute atomic E-state index is 13.2. The van der Waals surface area contributed by atoms with Crippen LogP contribution in [0.15, 0.2) is 48.7 Å². The second-order valence-corrected chi connectivity index (χ2v) is 5.60. The Bertz CT molecular complexity index is 941. The molecule has 128 valence electrons. The summed E-state index contributed by atoms with van der Waals surface area (Å²) >= 11 is 0. The number of hydrogen-bond donors (Lipinski definition) is 1. The van der Waals surface area contributed by atoms with Crippen LogP contribution in [0.25, 0.3) is 10.8 Å². The third-order valence-electron chi connectivity index (χ3n) is 4.01. The van der Waals surface area contributed by atoms with Crippen molar-refractivity contribution in [1.82, 2.24) is 4.98 Å². The molecule has 0 fully saturated rings. The number of halogens is 3. The van der Waals surface area contributed by atoms with Gasteiger partial charge in [-0.1, -0.05) is 18.2 Å². The number of nitrogens with zero attached hydrogens (tertiary/aromatic N) is 1. The summed E-state index contributed by atoms with van der Waals surface area (Å²) in [7, 11) is 0. The van der Waals surface area contributed by atoms with Crippen LogP contribution in [0.1, 0.15) is 11.1 Å². The van der Waals surface area contributed by atoms with Crippen LogP contribution in [0.2, 0.25) is 0 Å². The Balaban J connectivity index is 1.64. The first kappa shape index (κ1) is 15.6. The third kappa shape index (κ3) is 2.93. The van der Waals surface area contributed by atoms with Crippen molar-refractivity contribution in [1.29, 1.82) is 0 Å². The minimum Gasteiger partial charge on any atom is -0.454 e. The molecule has 7 heteroatoms. The number of pyridine rings is 1. The van der Waals surface area contributed by atoms with Crippen LogP contribution in [-0.4, -0.2) is 11.8 Å². The Kier molecular flexibility index (Phi) is 3.63. The molecule has 0 amide bonds. The van der Waals surface area contributed by atoms with Gasteiger partial charge in [0, 0.05) is 18.1 Å². The van der Waals surface area contributed by atoms with E-state index in [1.54, 1.807) is 12.1 Å². The van der Waals surface area contributed by atoms with Gasteiger partial charge in [-0.25, -0.2) is 4.98 Å². The Hall–Kier alpha value is -2.96. The molecule has 0 atom stereocenters. The summed E-state index contributed by atoms with van der Waals surface area (Å²) in [5.74, 6) is 1.74. The lowest BCUT2D eigenvalue weighted by Crippen LogP contribution is -2.07. The smallest absolute Gasteiger partial charge is 0.417 e. The van der Waals surface area contributed by atoms with Gasteiger partial charge in [-0.05, 0) is 35.2 Å². The van der Waals surface area contributed by atoms with Crippen LogP contribution < -0.4 is 14.8 Å². The fourth-order valence-electron chi connectivity index (χ4n) is 2.83. The SMILES string of the molecule is FC(F)(F)c1cccc2c(NCc3ccc4c(c3)OCO4)nccc12. The van der Waals surface area contributed by atoms with Crippen molar-refractivity contribution in [3.63, 3.8) is 0 Å². The molecule has 0 aliphatic carbocycles. The van der Waals surface area contributed by atoms with Gasteiger partial charge in [0.25, 0.3) is 0 Å². The van der Waals surface area contributed by atoms with E-state index in [0.717, 1.165) is 11.6 Å². The van der Waals surface area contributed by atoms with E-state index in [4.69, 9.17) is 9.47 Å². The highest BCUT2D eigenvalue weighted by Crippen LogP contribution is 2.36. The third-order valence-corrected chi connectivity index (χ3v) is 4.01. The topological polar surface area (TPSA) is 43.4 Å². The highest BCUT2D eigenvalue weighted by molar-refractivity contribution is 5.94. The molecule has 0 unspecified atom stereocenters. The van der Waals surface area contributed by atoms with E-state index >= 15 is 0 Å². The van der Waals surface area contributed by atoms with E-state index in [2.05, 4.69) is 10.3 Å². The number of hydrogen-bond acceptors (Lipinski definition) is 4. The molecular formula is C18H13F3N2O2. The normalized spacial score (nSPS) is 13.2. The minimum atomic E-state index is -4.41. The summed E-state index contributed by atoms with van der Waals surface area (Å²) in [6.07, 6.45) is -3.03. The Morgan fingerprint density at radius 3 is 2.68 bits per heavy atom. The van der Waals surface area contributed by atoms with E-state index in [0.29, 0.717) is 29.2 Å². The first-order valence-corrected chi connectivity index (χ1v) is 7.60. The minimum absolute atomic E-state index is 0.123. The zero-order valence-corrected chi connectivity index (χ0v) is 12.9. The summed E-state index contributed by atoms with van der Waals surface area (Å²) in [4.78, 5) is 4.18. The summed E-state index contributed by atoms with van der Waals surface area (Å²) in [6, 6.07) is 11.0. The number of rotatable bonds is 3. The molecule has 3 aromatic rings. The van der Waals surface area contributed by atoms with Crippen LogP contribution in [0.3, 0.4) is 0 Å². The standard InChI is InChI=1S/C18H13F3N2O2/c19-18(20,21)14-3-1-2-13-12(14)6-7-22-17(13)23-9-11-4-5-15-16(8-11)25-10-24-15/h1-8H,9-10H2,(H,22,23). The maximum atomic E-state index is 13.2. The Morgan fingerprint density at radius 1 is 1.00 bits per heavy atom. The van der Waals surface area contributed by atoms with Crippen LogP contribution in [-0.2, 0) is 12.7 Å². The molecule has 0 saturated carbocycles. The number of fused-ring (bicyclic) bond motifs is 2. The van der Waals surface area contributed by atoms with Crippen LogP contribution in [0, 0.1) is 0 Å². The van der Waals surface area contributed by atoms with Gasteiger partial charge in [0.15, 0.2) is 11.5 Å². The molecule has 2 heterocycles. The summed E-state index contributed by atoms with van der Waals surface area (Å²) < 4.78 is 50.1. The van der Waals surface area contributed by atoms with E-state index < -0.39 is 11.7 Å². The second kappa shape index (κ2) is 5.84.